The topological polar surface area (TPSA) is 231 Å². The summed E-state index contributed by atoms with van der Waals surface area (Å²) in [6.07, 6.45) is 2.48. The zero-order valence-electron chi connectivity index (χ0n) is 41.5. The highest BCUT2D eigenvalue weighted by molar-refractivity contribution is 5.85. The molecule has 1 amide bonds. The second-order valence-electron chi connectivity index (χ2n) is 20.1. The van der Waals surface area contributed by atoms with Crippen molar-refractivity contribution in [3.63, 3.8) is 0 Å². The molecule has 0 radical (unpaired) electrons. The zero-order valence-corrected chi connectivity index (χ0v) is 41.5. The maximum absolute atomic E-state index is 13.8. The summed E-state index contributed by atoms with van der Waals surface area (Å²) in [5, 5.41) is 38.0. The standard InChI is InChI=1S/C51H77NO15/c1-11-13-14-15-19-24-39(56)63-43-41-40(32(4)42(43)64-45(57)31(3)12-2)44-51(61,50(10,60)46(58)65-44)37(30-49(41,9)66-33(5)53)62-38(55)25-21-22-34-26-27-36(54)35(29-34)23-18-16-17-20-28-52-47(59)67-48(6,7)8/h26-27,29,31,37,41-44,54,60-61H,11-25,28,30H2,1-10H3,(H,52,59)/t31?,37-,41+,42-,43-,44-,49-,50+,51+/m0/s1. The number of carbonyl (C=O) groups excluding carboxylic acids is 6. The maximum Gasteiger partial charge on any atom is 0.407 e. The third-order valence-corrected chi connectivity index (χ3v) is 13.4. The Balaban J connectivity index is 1.54. The number of aliphatic hydroxyl groups is 2. The summed E-state index contributed by atoms with van der Waals surface area (Å²) in [4.78, 5) is 79.3. The molecule has 3 aliphatic rings. The number of benzene rings is 1. The first-order valence-electron chi connectivity index (χ1n) is 24.3. The van der Waals surface area contributed by atoms with Crippen LogP contribution in [0.5, 0.6) is 5.75 Å². The van der Waals surface area contributed by atoms with Crippen molar-refractivity contribution in [2.24, 2.45) is 11.8 Å². The normalized spacial score (nSPS) is 27.2. The molecule has 9 atom stereocenters. The number of ether oxygens (including phenoxy) is 6. The lowest BCUT2D eigenvalue weighted by molar-refractivity contribution is -0.212. The number of nitrogens with one attached hydrogen (secondary N) is 1. The number of alkyl carbamates (subject to hydrolysis) is 1. The first kappa shape index (κ1) is 54.9. The van der Waals surface area contributed by atoms with Gasteiger partial charge in [-0.15, -0.1) is 0 Å². The lowest BCUT2D eigenvalue weighted by Crippen LogP contribution is -2.64. The summed E-state index contributed by atoms with van der Waals surface area (Å²) < 4.78 is 35.4. The number of rotatable bonds is 23. The average molecular weight is 944 g/mol. The lowest BCUT2D eigenvalue weighted by Gasteiger charge is -2.42. The number of amides is 1. The third kappa shape index (κ3) is 13.7. The average Bonchev–Trinajstić information content (AvgIpc) is 3.57. The molecule has 1 unspecified atom stereocenters. The molecule has 376 valence electrons. The Kier molecular flexibility index (Phi) is 19.3. The molecule has 16 nitrogen and oxygen atoms in total. The van der Waals surface area contributed by atoms with E-state index in [1.807, 2.05) is 33.8 Å². The van der Waals surface area contributed by atoms with Gasteiger partial charge in [-0.05, 0) is 115 Å². The molecule has 0 bridgehead atoms. The fourth-order valence-corrected chi connectivity index (χ4v) is 9.51. The predicted octanol–water partition coefficient (Wildman–Crippen LogP) is 7.56. The molecule has 1 saturated carbocycles. The van der Waals surface area contributed by atoms with Gasteiger partial charge in [-0.1, -0.05) is 71.4 Å². The number of esters is 5. The highest BCUT2D eigenvalue weighted by atomic mass is 16.6. The first-order valence-corrected chi connectivity index (χ1v) is 24.3. The van der Waals surface area contributed by atoms with Crippen molar-refractivity contribution in [3.8, 4) is 5.75 Å². The second kappa shape index (κ2) is 23.5. The molecule has 1 aromatic carbocycles. The lowest BCUT2D eigenvalue weighted by atomic mass is 9.75. The van der Waals surface area contributed by atoms with Crippen molar-refractivity contribution >= 4 is 35.9 Å². The number of hydrogen-bond donors (Lipinski definition) is 4. The smallest absolute Gasteiger partial charge is 0.407 e. The minimum atomic E-state index is -2.66. The van der Waals surface area contributed by atoms with Crippen LogP contribution in [-0.4, -0.2) is 105 Å². The van der Waals surface area contributed by atoms with Gasteiger partial charge >= 0.3 is 35.9 Å². The molecule has 4 rings (SSSR count). The van der Waals surface area contributed by atoms with E-state index in [9.17, 15) is 44.1 Å². The summed E-state index contributed by atoms with van der Waals surface area (Å²) in [6.45, 7) is 16.9. The highest BCUT2D eigenvalue weighted by Gasteiger charge is 2.76. The van der Waals surface area contributed by atoms with Crippen molar-refractivity contribution in [2.75, 3.05) is 6.54 Å². The number of phenolic OH excluding ortho intramolecular Hbond substituents is 1. The van der Waals surface area contributed by atoms with Gasteiger partial charge in [0.1, 0.15) is 23.1 Å². The van der Waals surface area contributed by atoms with E-state index >= 15 is 0 Å². The van der Waals surface area contributed by atoms with E-state index in [0.717, 1.165) is 69.4 Å². The molecule has 0 spiro atoms. The molecular weight excluding hydrogens is 867 g/mol. The monoisotopic (exact) mass is 944 g/mol. The molecule has 16 heteroatoms. The predicted molar refractivity (Wildman–Crippen MR) is 246 cm³/mol. The van der Waals surface area contributed by atoms with Crippen LogP contribution in [0.15, 0.2) is 29.3 Å². The second-order valence-corrected chi connectivity index (χ2v) is 20.1. The van der Waals surface area contributed by atoms with Gasteiger partial charge in [0.05, 0.1) is 11.8 Å². The van der Waals surface area contributed by atoms with Gasteiger partial charge in [0.25, 0.3) is 0 Å². The van der Waals surface area contributed by atoms with Crippen molar-refractivity contribution in [1.29, 1.82) is 0 Å². The van der Waals surface area contributed by atoms with E-state index in [-0.39, 0.29) is 29.7 Å². The van der Waals surface area contributed by atoms with Gasteiger partial charge in [-0.25, -0.2) is 9.59 Å². The van der Waals surface area contributed by atoms with Crippen molar-refractivity contribution < 1.29 is 72.5 Å². The molecule has 1 heterocycles. The Morgan fingerprint density at radius 2 is 1.52 bits per heavy atom. The molecule has 1 saturated heterocycles. The maximum atomic E-state index is 13.8. The molecule has 4 N–H and O–H groups in total. The van der Waals surface area contributed by atoms with E-state index in [2.05, 4.69) is 12.2 Å². The minimum absolute atomic E-state index is 0.0540. The van der Waals surface area contributed by atoms with E-state index in [1.54, 1.807) is 26.0 Å². The number of carbonyl (C=O) groups is 6. The van der Waals surface area contributed by atoms with Crippen LogP contribution in [0.25, 0.3) is 0 Å². The van der Waals surface area contributed by atoms with Crippen LogP contribution in [-0.2, 0) is 65.2 Å². The van der Waals surface area contributed by atoms with Crippen LogP contribution in [0.2, 0.25) is 0 Å². The van der Waals surface area contributed by atoms with Crippen LogP contribution in [0, 0.1) is 11.8 Å². The Morgan fingerprint density at radius 3 is 2.18 bits per heavy atom. The zero-order chi connectivity index (χ0) is 49.9. The fourth-order valence-electron chi connectivity index (χ4n) is 9.51. The number of hydrogen-bond acceptors (Lipinski definition) is 15. The quantitative estimate of drug-likeness (QED) is 0.0359. The van der Waals surface area contributed by atoms with Crippen molar-refractivity contribution in [3.05, 3.63) is 40.5 Å². The minimum Gasteiger partial charge on any atom is -0.508 e. The van der Waals surface area contributed by atoms with Crippen LogP contribution in [0.4, 0.5) is 4.79 Å². The first-order chi connectivity index (χ1) is 31.4. The van der Waals surface area contributed by atoms with E-state index in [1.165, 1.54) is 13.8 Å². The fraction of sp³-hybridized carbons (Fsp3) is 0.725. The van der Waals surface area contributed by atoms with Crippen LogP contribution < -0.4 is 5.32 Å². The number of aryl methyl sites for hydroxylation is 2. The Labute approximate surface area is 396 Å². The van der Waals surface area contributed by atoms with E-state index in [0.29, 0.717) is 38.6 Å². The van der Waals surface area contributed by atoms with Gasteiger partial charge in [0, 0.05) is 32.7 Å². The molecular formula is C51H77NO15. The van der Waals surface area contributed by atoms with Crippen LogP contribution >= 0.6 is 0 Å². The summed E-state index contributed by atoms with van der Waals surface area (Å²) in [7, 11) is 0. The molecule has 1 aromatic rings. The van der Waals surface area contributed by atoms with Crippen LogP contribution in [0.1, 0.15) is 170 Å². The largest absolute Gasteiger partial charge is 0.508 e. The molecule has 1 aliphatic heterocycles. The molecule has 0 aromatic heterocycles. The van der Waals surface area contributed by atoms with Gasteiger partial charge in [-0.3, -0.25) is 19.2 Å². The van der Waals surface area contributed by atoms with Gasteiger partial charge in [0.15, 0.2) is 29.5 Å². The Morgan fingerprint density at radius 1 is 0.881 bits per heavy atom. The number of phenols is 1. The summed E-state index contributed by atoms with van der Waals surface area (Å²) in [5.74, 6) is -5.48. The van der Waals surface area contributed by atoms with E-state index in [4.69, 9.17) is 28.4 Å². The van der Waals surface area contributed by atoms with Gasteiger partial charge < -0.3 is 49.1 Å². The highest BCUT2D eigenvalue weighted by Crippen LogP contribution is 2.57. The Bertz CT molecular complexity index is 1950. The molecule has 67 heavy (non-hydrogen) atoms. The summed E-state index contributed by atoms with van der Waals surface area (Å²) in [6, 6.07) is 5.28. The third-order valence-electron chi connectivity index (χ3n) is 13.4. The number of unbranched alkanes of at least 4 members (excludes halogenated alkanes) is 7. The van der Waals surface area contributed by atoms with E-state index < -0.39 is 101 Å². The number of fused-ring (bicyclic) bond motifs is 3. The van der Waals surface area contributed by atoms with Gasteiger partial charge in [-0.2, -0.15) is 0 Å². The van der Waals surface area contributed by atoms with Crippen LogP contribution in [0.3, 0.4) is 0 Å². The van der Waals surface area contributed by atoms with Crippen molar-refractivity contribution in [1.82, 2.24) is 5.32 Å². The Hall–Kier alpha value is -4.70. The molecule has 2 aliphatic carbocycles. The van der Waals surface area contributed by atoms with Gasteiger partial charge in [0.2, 0.25) is 0 Å². The SMILES string of the molecule is CCCCCCCC(=O)O[C@H]1[C@H]2C(=C(C)[C@@H]1OC(=O)C(C)CC)[C@@H]1OC(=O)[C@@](C)(O)[C@@]1(O)[C@@H](OC(=O)CCCc1ccc(O)c(CCCCCCNC(=O)OC(C)(C)C)c1)C[C@]2(C)OC(C)=O. The summed E-state index contributed by atoms with van der Waals surface area (Å²) >= 11 is 0. The molecule has 2 fully saturated rings. The summed E-state index contributed by atoms with van der Waals surface area (Å²) in [5.41, 5.74) is -5.60. The van der Waals surface area contributed by atoms with Crippen molar-refractivity contribution in [2.45, 2.75) is 219 Å². The number of aromatic hydroxyl groups is 1.